The number of carbonyl (C=O) groups is 1. The van der Waals surface area contributed by atoms with Crippen LogP contribution in [0.3, 0.4) is 0 Å². The number of hydrogen-bond donors (Lipinski definition) is 1. The van der Waals surface area contributed by atoms with Gasteiger partial charge in [-0.15, -0.1) is 0 Å². The van der Waals surface area contributed by atoms with E-state index in [1.54, 1.807) is 6.07 Å². The van der Waals surface area contributed by atoms with Crippen molar-refractivity contribution in [2.45, 2.75) is 46.2 Å². The summed E-state index contributed by atoms with van der Waals surface area (Å²) in [7, 11) is 1.31. The van der Waals surface area contributed by atoms with Gasteiger partial charge < -0.3 is 14.4 Å². The van der Waals surface area contributed by atoms with E-state index in [2.05, 4.69) is 36.2 Å². The summed E-state index contributed by atoms with van der Waals surface area (Å²) in [5, 5.41) is 6.68. The van der Waals surface area contributed by atoms with Crippen molar-refractivity contribution >= 4 is 22.6 Å². The zero-order chi connectivity index (χ0) is 21.8. The average Bonchev–Trinajstić information content (AvgIpc) is 3.21. The largest absolute Gasteiger partial charge is 0.449 e. The number of fused-ring (bicyclic) bond motifs is 2. The normalized spacial score (nSPS) is 17.2. The van der Waals surface area contributed by atoms with Gasteiger partial charge in [0.05, 0.1) is 11.0 Å². The standard InChI is InChI=1S/C21H23F3N4O2/c1-20(2,3)11-5-8-16-13(9-11)17(27-30-16)18(29)25-12-6-7-15-14(10-12)26-19(28(15)4)21(22,23)24/h6-7,10-11H,5,8-9H2,1-4H3,(H,25,29)/t11-/m0/s1. The Kier molecular flexibility index (Phi) is 4.67. The molecule has 0 bridgehead atoms. The highest BCUT2D eigenvalue weighted by Crippen LogP contribution is 2.38. The van der Waals surface area contributed by atoms with Crippen LogP contribution in [0.1, 0.15) is 54.8 Å². The summed E-state index contributed by atoms with van der Waals surface area (Å²) in [6.07, 6.45) is -2.14. The minimum atomic E-state index is -4.56. The molecule has 2 aromatic heterocycles. The van der Waals surface area contributed by atoms with E-state index in [9.17, 15) is 18.0 Å². The van der Waals surface area contributed by atoms with Gasteiger partial charge in [0.25, 0.3) is 5.91 Å². The van der Waals surface area contributed by atoms with E-state index in [0.717, 1.165) is 28.7 Å². The van der Waals surface area contributed by atoms with Gasteiger partial charge in [0, 0.05) is 24.7 Å². The minimum Gasteiger partial charge on any atom is -0.360 e. The van der Waals surface area contributed by atoms with Crippen LogP contribution < -0.4 is 5.32 Å². The fraction of sp³-hybridized carbons (Fsp3) is 0.476. The summed E-state index contributed by atoms with van der Waals surface area (Å²) in [6.45, 7) is 6.52. The highest BCUT2D eigenvalue weighted by molar-refractivity contribution is 6.04. The first kappa shape index (κ1) is 20.4. The molecule has 1 aliphatic rings. The summed E-state index contributed by atoms with van der Waals surface area (Å²) in [5.74, 6) is -0.294. The topological polar surface area (TPSA) is 73.0 Å². The van der Waals surface area contributed by atoms with Gasteiger partial charge in [-0.1, -0.05) is 25.9 Å². The van der Waals surface area contributed by atoms with E-state index < -0.39 is 17.9 Å². The number of hydrogen-bond acceptors (Lipinski definition) is 4. The Hall–Kier alpha value is -2.84. The third-order valence-corrected chi connectivity index (χ3v) is 5.87. The molecule has 0 spiro atoms. The Morgan fingerprint density at radius 1 is 1.27 bits per heavy atom. The van der Waals surface area contributed by atoms with Crippen molar-refractivity contribution in [3.63, 3.8) is 0 Å². The first-order chi connectivity index (χ1) is 13.9. The molecule has 1 aliphatic carbocycles. The molecule has 0 saturated heterocycles. The summed E-state index contributed by atoms with van der Waals surface area (Å²) in [4.78, 5) is 16.5. The van der Waals surface area contributed by atoms with Gasteiger partial charge in [0.1, 0.15) is 5.76 Å². The van der Waals surface area contributed by atoms with Crippen LogP contribution >= 0.6 is 0 Å². The number of amides is 1. The average molecular weight is 420 g/mol. The molecule has 160 valence electrons. The Labute approximate surface area is 171 Å². The Morgan fingerprint density at radius 2 is 2.00 bits per heavy atom. The molecule has 1 aromatic carbocycles. The second-order valence-corrected chi connectivity index (χ2v) is 8.89. The van der Waals surface area contributed by atoms with Gasteiger partial charge in [0.15, 0.2) is 5.69 Å². The van der Waals surface area contributed by atoms with Crippen LogP contribution in [0.2, 0.25) is 0 Å². The number of alkyl halides is 3. The molecule has 9 heteroatoms. The molecule has 0 unspecified atom stereocenters. The summed E-state index contributed by atoms with van der Waals surface area (Å²) < 4.78 is 45.6. The smallest absolute Gasteiger partial charge is 0.360 e. The first-order valence-electron chi connectivity index (χ1n) is 9.77. The SMILES string of the molecule is Cn1c(C(F)(F)F)nc2cc(NC(=O)c3noc4c3C[C@@H](C(C)(C)C)CC4)ccc21. The molecule has 0 aliphatic heterocycles. The number of aromatic nitrogens is 3. The second-order valence-electron chi connectivity index (χ2n) is 8.89. The lowest BCUT2D eigenvalue weighted by Crippen LogP contribution is -2.27. The van der Waals surface area contributed by atoms with E-state index >= 15 is 0 Å². The lowest BCUT2D eigenvalue weighted by molar-refractivity contribution is -0.146. The molecule has 0 radical (unpaired) electrons. The molecular weight excluding hydrogens is 397 g/mol. The zero-order valence-electron chi connectivity index (χ0n) is 17.2. The van der Waals surface area contributed by atoms with Crippen molar-refractivity contribution in [3.05, 3.63) is 41.0 Å². The second kappa shape index (κ2) is 6.85. The van der Waals surface area contributed by atoms with Crippen LogP contribution in [0.15, 0.2) is 22.7 Å². The molecule has 1 atom stereocenters. The number of anilines is 1. The van der Waals surface area contributed by atoms with Crippen molar-refractivity contribution in [2.24, 2.45) is 18.4 Å². The maximum absolute atomic E-state index is 13.1. The molecule has 1 N–H and O–H groups in total. The first-order valence-corrected chi connectivity index (χ1v) is 9.77. The third kappa shape index (κ3) is 3.57. The van der Waals surface area contributed by atoms with Crippen LogP contribution in [0.25, 0.3) is 11.0 Å². The highest BCUT2D eigenvalue weighted by atomic mass is 19.4. The predicted molar refractivity (Wildman–Crippen MR) is 105 cm³/mol. The van der Waals surface area contributed by atoms with Crippen molar-refractivity contribution in [1.82, 2.24) is 14.7 Å². The third-order valence-electron chi connectivity index (χ3n) is 5.87. The maximum Gasteiger partial charge on any atom is 0.449 e. The van der Waals surface area contributed by atoms with E-state index in [1.165, 1.54) is 19.2 Å². The van der Waals surface area contributed by atoms with Crippen molar-refractivity contribution in [3.8, 4) is 0 Å². The van der Waals surface area contributed by atoms with Gasteiger partial charge in [-0.2, -0.15) is 13.2 Å². The quantitative estimate of drug-likeness (QED) is 0.634. The van der Waals surface area contributed by atoms with E-state index in [4.69, 9.17) is 4.52 Å². The fourth-order valence-corrected chi connectivity index (χ4v) is 4.04. The molecular formula is C21H23F3N4O2. The van der Waals surface area contributed by atoms with Gasteiger partial charge in [0.2, 0.25) is 5.82 Å². The highest BCUT2D eigenvalue weighted by Gasteiger charge is 2.37. The lowest BCUT2D eigenvalue weighted by Gasteiger charge is -2.33. The maximum atomic E-state index is 13.1. The van der Waals surface area contributed by atoms with E-state index in [-0.39, 0.29) is 16.6 Å². The van der Waals surface area contributed by atoms with E-state index in [1.807, 2.05) is 0 Å². The summed E-state index contributed by atoms with van der Waals surface area (Å²) in [5.41, 5.74) is 1.97. The lowest BCUT2D eigenvalue weighted by atomic mass is 9.71. The van der Waals surface area contributed by atoms with Crippen LogP contribution in [0.4, 0.5) is 18.9 Å². The molecule has 0 saturated carbocycles. The van der Waals surface area contributed by atoms with E-state index in [0.29, 0.717) is 23.5 Å². The molecule has 30 heavy (non-hydrogen) atoms. The number of aryl methyl sites for hydroxylation is 2. The summed E-state index contributed by atoms with van der Waals surface area (Å²) >= 11 is 0. The number of benzene rings is 1. The molecule has 4 rings (SSSR count). The van der Waals surface area contributed by atoms with Crippen LogP contribution in [-0.2, 0) is 26.1 Å². The van der Waals surface area contributed by atoms with Gasteiger partial charge in [-0.05, 0) is 42.4 Å². The summed E-state index contributed by atoms with van der Waals surface area (Å²) in [6, 6.07) is 4.47. The Morgan fingerprint density at radius 3 is 2.67 bits per heavy atom. The molecule has 6 nitrogen and oxygen atoms in total. The minimum absolute atomic E-state index is 0.100. The van der Waals surface area contributed by atoms with Gasteiger partial charge >= 0.3 is 6.18 Å². The Bertz CT molecular complexity index is 1120. The number of carbonyl (C=O) groups excluding carboxylic acids is 1. The number of imidazole rings is 1. The number of halogens is 3. The molecule has 0 fully saturated rings. The Balaban J connectivity index is 1.60. The van der Waals surface area contributed by atoms with Gasteiger partial charge in [-0.25, -0.2) is 4.98 Å². The molecule has 1 amide bonds. The number of nitrogens with zero attached hydrogens (tertiary/aromatic N) is 3. The van der Waals surface area contributed by atoms with Crippen molar-refractivity contribution in [2.75, 3.05) is 5.32 Å². The molecule has 3 aromatic rings. The van der Waals surface area contributed by atoms with Crippen LogP contribution in [-0.4, -0.2) is 20.6 Å². The predicted octanol–water partition coefficient (Wildman–Crippen LogP) is 4.98. The molecule has 2 heterocycles. The number of rotatable bonds is 2. The van der Waals surface area contributed by atoms with Crippen molar-refractivity contribution in [1.29, 1.82) is 0 Å². The number of nitrogens with one attached hydrogen (secondary N) is 1. The van der Waals surface area contributed by atoms with Crippen LogP contribution in [0.5, 0.6) is 0 Å². The van der Waals surface area contributed by atoms with Gasteiger partial charge in [-0.3, -0.25) is 4.79 Å². The fourth-order valence-electron chi connectivity index (χ4n) is 4.04. The van der Waals surface area contributed by atoms with Crippen molar-refractivity contribution < 1.29 is 22.5 Å². The van der Waals surface area contributed by atoms with Crippen LogP contribution in [0, 0.1) is 11.3 Å². The zero-order valence-corrected chi connectivity index (χ0v) is 17.2. The monoisotopic (exact) mass is 420 g/mol.